The lowest BCUT2D eigenvalue weighted by Crippen LogP contribution is -2.18. The van der Waals surface area contributed by atoms with Crippen molar-refractivity contribution in [2.24, 2.45) is 0 Å². The van der Waals surface area contributed by atoms with Crippen LogP contribution in [-0.4, -0.2) is 25.3 Å². The summed E-state index contributed by atoms with van der Waals surface area (Å²) in [6, 6.07) is 0.720. The van der Waals surface area contributed by atoms with E-state index in [-0.39, 0.29) is 12.4 Å². The molecule has 9 heavy (non-hydrogen) atoms. The predicted molar refractivity (Wildman–Crippen MR) is 38.0 cm³/mol. The zero-order chi connectivity index (χ0) is 5.40. The summed E-state index contributed by atoms with van der Waals surface area (Å²) in [5, 5.41) is 3.39. The highest BCUT2D eigenvalue weighted by Gasteiger charge is 2.38. The van der Waals surface area contributed by atoms with Crippen LogP contribution in [0.3, 0.4) is 0 Å². The van der Waals surface area contributed by atoms with Gasteiger partial charge in [-0.2, -0.15) is 0 Å². The molecule has 1 heterocycles. The minimum atomic E-state index is 0. The Morgan fingerprint density at radius 3 is 3.22 bits per heavy atom. The van der Waals surface area contributed by atoms with E-state index in [1.807, 2.05) is 0 Å². The van der Waals surface area contributed by atoms with Gasteiger partial charge in [-0.05, 0) is 19.4 Å². The van der Waals surface area contributed by atoms with Crippen LogP contribution in [0.5, 0.6) is 0 Å². The molecule has 2 rings (SSSR count). The molecular formula is C6H12ClNO. The van der Waals surface area contributed by atoms with Crippen molar-refractivity contribution in [2.75, 3.05) is 13.2 Å². The van der Waals surface area contributed by atoms with E-state index in [4.69, 9.17) is 4.74 Å². The molecule has 0 spiro atoms. The van der Waals surface area contributed by atoms with Gasteiger partial charge in [0.1, 0.15) is 0 Å². The molecule has 1 aliphatic carbocycles. The minimum absolute atomic E-state index is 0. The summed E-state index contributed by atoms with van der Waals surface area (Å²) in [4.78, 5) is 0. The van der Waals surface area contributed by atoms with Gasteiger partial charge in [-0.1, -0.05) is 0 Å². The summed E-state index contributed by atoms with van der Waals surface area (Å²) in [7, 11) is 0. The highest BCUT2D eigenvalue weighted by atomic mass is 35.5. The van der Waals surface area contributed by atoms with E-state index in [1.54, 1.807) is 0 Å². The second-order valence-electron chi connectivity index (χ2n) is 2.56. The average molecular weight is 150 g/mol. The monoisotopic (exact) mass is 149 g/mol. The molecule has 0 aromatic carbocycles. The van der Waals surface area contributed by atoms with Gasteiger partial charge in [0.15, 0.2) is 0 Å². The zero-order valence-electron chi connectivity index (χ0n) is 5.30. The molecule has 1 saturated heterocycles. The number of halogens is 1. The topological polar surface area (TPSA) is 21.3 Å². The predicted octanol–water partition coefficient (Wildman–Crippen LogP) is 0.559. The van der Waals surface area contributed by atoms with Crippen LogP contribution in [0.2, 0.25) is 0 Å². The maximum absolute atomic E-state index is 5.41. The third-order valence-corrected chi connectivity index (χ3v) is 1.79. The summed E-state index contributed by atoms with van der Waals surface area (Å²) >= 11 is 0. The Labute approximate surface area is 61.4 Å². The molecule has 1 saturated carbocycles. The van der Waals surface area contributed by atoms with Gasteiger partial charge in [-0.3, -0.25) is 0 Å². The van der Waals surface area contributed by atoms with Crippen LogP contribution in [0.4, 0.5) is 0 Å². The first kappa shape index (κ1) is 7.32. The first-order valence-electron chi connectivity index (χ1n) is 3.32. The van der Waals surface area contributed by atoms with Gasteiger partial charge in [0.05, 0.1) is 6.10 Å². The van der Waals surface area contributed by atoms with Crippen molar-refractivity contribution in [3.05, 3.63) is 0 Å². The van der Waals surface area contributed by atoms with Crippen molar-refractivity contribution in [2.45, 2.75) is 25.0 Å². The Morgan fingerprint density at radius 1 is 1.44 bits per heavy atom. The fourth-order valence-electron chi connectivity index (χ4n) is 1.17. The van der Waals surface area contributed by atoms with Gasteiger partial charge < -0.3 is 10.1 Å². The number of ether oxygens (including phenoxy) is 1. The van der Waals surface area contributed by atoms with Crippen molar-refractivity contribution in [3.8, 4) is 0 Å². The molecule has 2 nitrogen and oxygen atoms in total. The summed E-state index contributed by atoms with van der Waals surface area (Å²) in [5.74, 6) is 0. The fourth-order valence-corrected chi connectivity index (χ4v) is 1.17. The second kappa shape index (κ2) is 2.86. The van der Waals surface area contributed by atoms with Gasteiger partial charge in [0, 0.05) is 12.6 Å². The van der Waals surface area contributed by atoms with Crippen molar-refractivity contribution in [3.63, 3.8) is 0 Å². The quantitative estimate of drug-likeness (QED) is 0.544. The number of hydrogen-bond donors (Lipinski definition) is 1. The van der Waals surface area contributed by atoms with Crippen LogP contribution >= 0.6 is 12.4 Å². The number of hydrogen-bond acceptors (Lipinski definition) is 2. The Morgan fingerprint density at radius 2 is 2.33 bits per heavy atom. The molecule has 0 bridgehead atoms. The van der Waals surface area contributed by atoms with Crippen LogP contribution in [0.15, 0.2) is 0 Å². The lowest BCUT2D eigenvalue weighted by molar-refractivity contribution is 0.123. The van der Waals surface area contributed by atoms with E-state index in [2.05, 4.69) is 5.32 Å². The van der Waals surface area contributed by atoms with Gasteiger partial charge in [-0.25, -0.2) is 0 Å². The lowest BCUT2D eigenvalue weighted by atomic mass is 10.4. The number of nitrogens with one attached hydrogen (secondary N) is 1. The third-order valence-electron chi connectivity index (χ3n) is 1.79. The summed E-state index contributed by atoms with van der Waals surface area (Å²) < 4.78 is 5.41. The highest BCUT2D eigenvalue weighted by Crippen LogP contribution is 2.26. The number of rotatable bonds is 0. The number of fused-ring (bicyclic) bond motifs is 1. The molecule has 3 heteroatoms. The largest absolute Gasteiger partial charge is 0.376 e. The Hall–Kier alpha value is 0.210. The lowest BCUT2D eigenvalue weighted by Gasteiger charge is -1.94. The summed E-state index contributed by atoms with van der Waals surface area (Å²) in [5.41, 5.74) is 0. The molecule has 1 N–H and O–H groups in total. The smallest absolute Gasteiger partial charge is 0.0744 e. The van der Waals surface area contributed by atoms with Crippen LogP contribution in [0.1, 0.15) is 12.8 Å². The standard InChI is InChI=1S/C6H11NO.ClH/c1-2-7-5-4-6(5)8-3-1;/h5-7H,1-4H2;1H/t5-,6-;/m1./s1. The first-order chi connectivity index (χ1) is 3.97. The molecule has 0 aromatic heterocycles. The molecule has 0 amide bonds. The van der Waals surface area contributed by atoms with Crippen molar-refractivity contribution < 1.29 is 4.74 Å². The van der Waals surface area contributed by atoms with Crippen LogP contribution in [0, 0.1) is 0 Å². The normalized spacial score (nSPS) is 40.0. The van der Waals surface area contributed by atoms with E-state index < -0.39 is 0 Å². The van der Waals surface area contributed by atoms with Crippen molar-refractivity contribution in [1.82, 2.24) is 5.32 Å². The van der Waals surface area contributed by atoms with Crippen LogP contribution in [-0.2, 0) is 4.74 Å². The van der Waals surface area contributed by atoms with E-state index in [0.717, 1.165) is 19.2 Å². The molecular weight excluding hydrogens is 138 g/mol. The van der Waals surface area contributed by atoms with Crippen LogP contribution in [0.25, 0.3) is 0 Å². The molecule has 54 valence electrons. The molecule has 1 aliphatic heterocycles. The molecule has 0 unspecified atom stereocenters. The van der Waals surface area contributed by atoms with Crippen molar-refractivity contribution in [1.29, 1.82) is 0 Å². The molecule has 2 fully saturated rings. The van der Waals surface area contributed by atoms with Crippen molar-refractivity contribution >= 4 is 12.4 Å². The van der Waals surface area contributed by atoms with Gasteiger partial charge in [0.2, 0.25) is 0 Å². The van der Waals surface area contributed by atoms with E-state index in [1.165, 1.54) is 12.8 Å². The first-order valence-corrected chi connectivity index (χ1v) is 3.32. The molecule has 0 aromatic rings. The minimum Gasteiger partial charge on any atom is -0.376 e. The summed E-state index contributed by atoms with van der Waals surface area (Å²) in [6.07, 6.45) is 3.02. The molecule has 2 aliphatic rings. The fraction of sp³-hybridized carbons (Fsp3) is 1.00. The van der Waals surface area contributed by atoms with Gasteiger partial charge >= 0.3 is 0 Å². The maximum atomic E-state index is 5.41. The maximum Gasteiger partial charge on any atom is 0.0744 e. The second-order valence-corrected chi connectivity index (χ2v) is 2.56. The van der Waals surface area contributed by atoms with E-state index in [9.17, 15) is 0 Å². The Bertz CT molecular complexity index is 89.1. The van der Waals surface area contributed by atoms with Gasteiger partial charge in [0.25, 0.3) is 0 Å². The van der Waals surface area contributed by atoms with Crippen LogP contribution < -0.4 is 5.32 Å². The highest BCUT2D eigenvalue weighted by molar-refractivity contribution is 5.85. The van der Waals surface area contributed by atoms with E-state index in [0.29, 0.717) is 6.10 Å². The van der Waals surface area contributed by atoms with Gasteiger partial charge in [-0.15, -0.1) is 12.4 Å². The molecule has 0 radical (unpaired) electrons. The molecule has 2 atom stereocenters. The Kier molecular flexibility index (Phi) is 2.33. The van der Waals surface area contributed by atoms with E-state index >= 15 is 0 Å². The SMILES string of the molecule is C1CN[C@@H]2C[C@H]2OC1.Cl. The average Bonchev–Trinajstić information content (AvgIpc) is 2.36. The summed E-state index contributed by atoms with van der Waals surface area (Å²) in [6.45, 7) is 2.12. The zero-order valence-corrected chi connectivity index (χ0v) is 6.12. The Balaban J connectivity index is 0.000000405. The third kappa shape index (κ3) is 1.57.